The van der Waals surface area contributed by atoms with Crippen molar-refractivity contribution in [3.8, 4) is 11.3 Å². The molecule has 0 aliphatic carbocycles. The Morgan fingerprint density at radius 3 is 2.40 bits per heavy atom. The maximum atomic E-state index is 5.93. The summed E-state index contributed by atoms with van der Waals surface area (Å²) in [5, 5.41) is 2.87. The maximum Gasteiger partial charge on any atom is 0.190 e. The average molecular weight is 301 g/mol. The van der Waals surface area contributed by atoms with E-state index >= 15 is 0 Å². The average Bonchev–Trinajstić information content (AvgIpc) is 2.83. The van der Waals surface area contributed by atoms with Gasteiger partial charge in [0.25, 0.3) is 0 Å². The van der Waals surface area contributed by atoms with E-state index in [2.05, 4.69) is 14.9 Å². The number of aromatic nitrogens is 1. The fourth-order valence-electron chi connectivity index (χ4n) is 1.97. The molecule has 0 amide bonds. The zero-order valence-electron chi connectivity index (χ0n) is 11.0. The molecular weight excluding hydrogens is 288 g/mol. The lowest BCUT2D eigenvalue weighted by atomic mass is 10.2. The molecule has 2 aromatic carbocycles. The third-order valence-corrected chi connectivity index (χ3v) is 4.21. The highest BCUT2D eigenvalue weighted by Gasteiger charge is 2.04. The predicted molar refractivity (Wildman–Crippen MR) is 85.4 cm³/mol. The van der Waals surface area contributed by atoms with E-state index in [1.165, 1.54) is 0 Å². The third-order valence-electron chi connectivity index (χ3n) is 3.05. The second kappa shape index (κ2) is 5.65. The summed E-state index contributed by atoms with van der Waals surface area (Å²) in [7, 11) is 2.03. The van der Waals surface area contributed by atoms with E-state index in [1.54, 1.807) is 11.3 Å². The first-order valence-corrected chi connectivity index (χ1v) is 7.50. The molecule has 0 bridgehead atoms. The standard InChI is InChI=1S/C16H13ClN2S/c1-19-15(12-7-9-13(17)10-8-12)11-20-16(19)18-14-5-3-2-4-6-14/h2-11H,1H3. The molecule has 20 heavy (non-hydrogen) atoms. The Morgan fingerprint density at radius 1 is 1.00 bits per heavy atom. The van der Waals surface area contributed by atoms with Gasteiger partial charge in [-0.25, -0.2) is 4.99 Å². The number of rotatable bonds is 2. The summed E-state index contributed by atoms with van der Waals surface area (Å²) >= 11 is 7.56. The van der Waals surface area contributed by atoms with Crippen molar-refractivity contribution in [1.82, 2.24) is 4.57 Å². The van der Waals surface area contributed by atoms with E-state index < -0.39 is 0 Å². The number of hydrogen-bond donors (Lipinski definition) is 0. The van der Waals surface area contributed by atoms with Crippen molar-refractivity contribution < 1.29 is 0 Å². The lowest BCUT2D eigenvalue weighted by Crippen LogP contribution is -2.10. The minimum Gasteiger partial charge on any atom is -0.320 e. The van der Waals surface area contributed by atoms with Crippen LogP contribution in [0.5, 0.6) is 0 Å². The van der Waals surface area contributed by atoms with E-state index in [-0.39, 0.29) is 0 Å². The molecule has 2 nitrogen and oxygen atoms in total. The quantitative estimate of drug-likeness (QED) is 0.656. The summed E-state index contributed by atoms with van der Waals surface area (Å²) in [4.78, 5) is 5.63. The van der Waals surface area contributed by atoms with E-state index in [0.717, 1.165) is 26.8 Å². The van der Waals surface area contributed by atoms with Crippen molar-refractivity contribution in [3.05, 3.63) is 69.8 Å². The van der Waals surface area contributed by atoms with Crippen molar-refractivity contribution in [2.24, 2.45) is 12.0 Å². The van der Waals surface area contributed by atoms with Crippen molar-refractivity contribution >= 4 is 28.6 Å². The van der Waals surface area contributed by atoms with Gasteiger partial charge in [-0.1, -0.05) is 41.9 Å². The van der Waals surface area contributed by atoms with Crippen LogP contribution < -0.4 is 4.80 Å². The molecule has 0 spiro atoms. The summed E-state index contributed by atoms with van der Waals surface area (Å²) in [5.41, 5.74) is 3.25. The molecule has 0 unspecified atom stereocenters. The van der Waals surface area contributed by atoms with Crippen LogP contribution >= 0.6 is 22.9 Å². The minimum atomic E-state index is 0.751. The minimum absolute atomic E-state index is 0.751. The van der Waals surface area contributed by atoms with E-state index in [0.29, 0.717) is 0 Å². The number of halogens is 1. The van der Waals surface area contributed by atoms with Crippen LogP contribution in [0, 0.1) is 0 Å². The van der Waals surface area contributed by atoms with Gasteiger partial charge in [0.15, 0.2) is 4.80 Å². The van der Waals surface area contributed by atoms with E-state index in [4.69, 9.17) is 11.6 Å². The van der Waals surface area contributed by atoms with Gasteiger partial charge in [0, 0.05) is 17.5 Å². The van der Waals surface area contributed by atoms with Crippen molar-refractivity contribution in [3.63, 3.8) is 0 Å². The normalized spacial score (nSPS) is 11.8. The Balaban J connectivity index is 2.05. The molecule has 4 heteroatoms. The third kappa shape index (κ3) is 2.69. The van der Waals surface area contributed by atoms with Gasteiger partial charge >= 0.3 is 0 Å². The lowest BCUT2D eigenvalue weighted by molar-refractivity contribution is 0.883. The number of benzene rings is 2. The van der Waals surface area contributed by atoms with Crippen molar-refractivity contribution in [1.29, 1.82) is 0 Å². The maximum absolute atomic E-state index is 5.93. The van der Waals surface area contributed by atoms with Gasteiger partial charge < -0.3 is 4.57 Å². The molecule has 100 valence electrons. The molecule has 1 heterocycles. The largest absolute Gasteiger partial charge is 0.320 e. The second-order valence-corrected chi connectivity index (χ2v) is 5.69. The fraction of sp³-hybridized carbons (Fsp3) is 0.0625. The molecule has 3 rings (SSSR count). The molecule has 1 aromatic heterocycles. The van der Waals surface area contributed by atoms with Crippen LogP contribution in [0.15, 0.2) is 65.0 Å². The Kier molecular flexibility index (Phi) is 3.72. The van der Waals surface area contributed by atoms with Gasteiger partial charge in [-0.2, -0.15) is 0 Å². The summed E-state index contributed by atoms with van der Waals surface area (Å²) < 4.78 is 2.10. The smallest absolute Gasteiger partial charge is 0.190 e. The Labute approximate surface area is 126 Å². The molecule has 0 saturated carbocycles. The van der Waals surface area contributed by atoms with Crippen LogP contribution in [0.25, 0.3) is 11.3 Å². The first-order valence-electron chi connectivity index (χ1n) is 6.24. The Bertz CT molecular complexity index is 770. The van der Waals surface area contributed by atoms with Gasteiger partial charge in [-0.3, -0.25) is 0 Å². The summed E-state index contributed by atoms with van der Waals surface area (Å²) in [5.74, 6) is 0. The first-order chi connectivity index (χ1) is 9.74. The highest BCUT2D eigenvalue weighted by molar-refractivity contribution is 7.07. The molecule has 0 aliphatic heterocycles. The SMILES string of the molecule is Cn1c(-c2ccc(Cl)cc2)csc1=Nc1ccccc1. The zero-order valence-corrected chi connectivity index (χ0v) is 12.5. The summed E-state index contributed by atoms with van der Waals surface area (Å²) in [6, 6.07) is 17.8. The number of nitrogens with zero attached hydrogens (tertiary/aromatic N) is 2. The summed E-state index contributed by atoms with van der Waals surface area (Å²) in [6.45, 7) is 0. The predicted octanol–water partition coefficient (Wildman–Crippen LogP) is 4.64. The number of hydrogen-bond acceptors (Lipinski definition) is 2. The van der Waals surface area contributed by atoms with Crippen LogP contribution in [0.3, 0.4) is 0 Å². The Morgan fingerprint density at radius 2 is 1.70 bits per heavy atom. The highest BCUT2D eigenvalue weighted by atomic mass is 35.5. The van der Waals surface area contributed by atoms with Crippen LogP contribution in [0.4, 0.5) is 5.69 Å². The number of para-hydroxylation sites is 1. The highest BCUT2D eigenvalue weighted by Crippen LogP contribution is 2.21. The van der Waals surface area contributed by atoms with Crippen molar-refractivity contribution in [2.75, 3.05) is 0 Å². The molecule has 0 atom stereocenters. The molecule has 0 fully saturated rings. The molecular formula is C16H13ClN2S. The van der Waals surface area contributed by atoms with Crippen LogP contribution in [-0.2, 0) is 7.05 Å². The number of thiazole rings is 1. The van der Waals surface area contributed by atoms with Crippen molar-refractivity contribution in [2.45, 2.75) is 0 Å². The molecule has 0 radical (unpaired) electrons. The van der Waals surface area contributed by atoms with Crippen LogP contribution in [-0.4, -0.2) is 4.57 Å². The zero-order chi connectivity index (χ0) is 13.9. The van der Waals surface area contributed by atoms with Gasteiger partial charge in [0.1, 0.15) is 0 Å². The molecule has 0 aliphatic rings. The van der Waals surface area contributed by atoms with Crippen LogP contribution in [0.1, 0.15) is 0 Å². The monoisotopic (exact) mass is 300 g/mol. The second-order valence-electron chi connectivity index (χ2n) is 4.42. The van der Waals surface area contributed by atoms with E-state index in [9.17, 15) is 0 Å². The van der Waals surface area contributed by atoms with Gasteiger partial charge in [-0.15, -0.1) is 11.3 Å². The topological polar surface area (TPSA) is 17.3 Å². The van der Waals surface area contributed by atoms with Gasteiger partial charge in [-0.05, 0) is 29.8 Å². The summed E-state index contributed by atoms with van der Waals surface area (Å²) in [6.07, 6.45) is 0. The fourth-order valence-corrected chi connectivity index (χ4v) is 3.02. The Hall–Kier alpha value is -1.84. The molecule has 0 N–H and O–H groups in total. The molecule has 3 aromatic rings. The van der Waals surface area contributed by atoms with Crippen LogP contribution in [0.2, 0.25) is 5.02 Å². The van der Waals surface area contributed by atoms with Gasteiger partial charge in [0.2, 0.25) is 0 Å². The van der Waals surface area contributed by atoms with Gasteiger partial charge in [0.05, 0.1) is 11.4 Å². The molecule has 0 saturated heterocycles. The van der Waals surface area contributed by atoms with E-state index in [1.807, 2.05) is 61.6 Å². The first kappa shape index (κ1) is 13.2. The lowest BCUT2D eigenvalue weighted by Gasteiger charge is -2.02.